The molecule has 1 rings (SSSR count). The third kappa shape index (κ3) is 2.62. The number of nitrogens with zero attached hydrogens (tertiary/aromatic N) is 2. The lowest BCUT2D eigenvalue weighted by Crippen LogP contribution is -2.25. The van der Waals surface area contributed by atoms with Crippen molar-refractivity contribution < 1.29 is 13.2 Å². The molecule has 1 aromatic rings. The highest BCUT2D eigenvalue weighted by Crippen LogP contribution is 2.21. The molecule has 5 heteroatoms. The molecule has 0 unspecified atom stereocenters. The lowest BCUT2D eigenvalue weighted by molar-refractivity contribution is 0.156. The zero-order chi connectivity index (χ0) is 11.4. The Morgan fingerprint density at radius 1 is 1.47 bits per heavy atom. The minimum Gasteiger partial charge on any atom is -0.368 e. The van der Waals surface area contributed by atoms with Gasteiger partial charge in [0.05, 0.1) is 12.2 Å². The van der Waals surface area contributed by atoms with Gasteiger partial charge in [0, 0.05) is 7.05 Å². The average Bonchev–Trinajstić information content (AvgIpc) is 2.16. The smallest absolute Gasteiger partial charge is 0.255 e. The SMILES string of the molecule is CN(CC(F)F)c1cccc(F)c1C#N. The molecular weight excluding hydrogens is 205 g/mol. The van der Waals surface area contributed by atoms with Gasteiger partial charge in [0.2, 0.25) is 0 Å². The van der Waals surface area contributed by atoms with Gasteiger partial charge in [0.25, 0.3) is 6.43 Å². The lowest BCUT2D eigenvalue weighted by atomic mass is 10.1. The Kier molecular flexibility index (Phi) is 3.56. The molecule has 0 fully saturated rings. The van der Waals surface area contributed by atoms with Crippen molar-refractivity contribution in [2.45, 2.75) is 6.43 Å². The fourth-order valence-electron chi connectivity index (χ4n) is 1.25. The molecule has 0 aromatic heterocycles. The number of hydrogen-bond donors (Lipinski definition) is 0. The minimum absolute atomic E-state index is 0.179. The van der Waals surface area contributed by atoms with Gasteiger partial charge in [-0.15, -0.1) is 0 Å². The summed E-state index contributed by atoms with van der Waals surface area (Å²) in [5.41, 5.74) is -0.0292. The first-order valence-corrected chi connectivity index (χ1v) is 4.24. The highest BCUT2D eigenvalue weighted by molar-refractivity contribution is 5.59. The molecule has 0 aliphatic rings. The summed E-state index contributed by atoms with van der Waals surface area (Å²) in [4.78, 5) is 1.16. The summed E-state index contributed by atoms with van der Waals surface area (Å²) in [5, 5.41) is 8.68. The van der Waals surface area contributed by atoms with Crippen molar-refractivity contribution in [3.63, 3.8) is 0 Å². The quantitative estimate of drug-likeness (QED) is 0.772. The van der Waals surface area contributed by atoms with Gasteiger partial charge in [-0.2, -0.15) is 5.26 Å². The number of rotatable bonds is 3. The van der Waals surface area contributed by atoms with Gasteiger partial charge in [0.1, 0.15) is 17.4 Å². The zero-order valence-electron chi connectivity index (χ0n) is 8.04. The molecule has 2 nitrogen and oxygen atoms in total. The van der Waals surface area contributed by atoms with Crippen molar-refractivity contribution in [3.8, 4) is 6.07 Å². The average molecular weight is 214 g/mol. The van der Waals surface area contributed by atoms with Crippen molar-refractivity contribution in [1.29, 1.82) is 5.26 Å². The van der Waals surface area contributed by atoms with E-state index in [2.05, 4.69) is 0 Å². The molecule has 0 amide bonds. The fraction of sp³-hybridized carbons (Fsp3) is 0.300. The molecule has 0 aliphatic heterocycles. The van der Waals surface area contributed by atoms with E-state index in [0.29, 0.717) is 0 Å². The molecule has 0 spiro atoms. The Morgan fingerprint density at radius 3 is 2.67 bits per heavy atom. The van der Waals surface area contributed by atoms with Gasteiger partial charge in [-0.3, -0.25) is 0 Å². The minimum atomic E-state index is -2.52. The first-order valence-electron chi connectivity index (χ1n) is 4.24. The van der Waals surface area contributed by atoms with Crippen molar-refractivity contribution in [2.24, 2.45) is 0 Å². The Morgan fingerprint density at radius 2 is 2.13 bits per heavy atom. The van der Waals surface area contributed by atoms with E-state index in [4.69, 9.17) is 5.26 Å². The maximum atomic E-state index is 13.1. The van der Waals surface area contributed by atoms with Crippen LogP contribution in [0.1, 0.15) is 5.56 Å². The van der Waals surface area contributed by atoms with Gasteiger partial charge >= 0.3 is 0 Å². The molecule has 0 bridgehead atoms. The topological polar surface area (TPSA) is 27.0 Å². The summed E-state index contributed by atoms with van der Waals surface area (Å²) in [6.07, 6.45) is -2.52. The predicted octanol–water partition coefficient (Wildman–Crippen LogP) is 2.40. The maximum absolute atomic E-state index is 13.1. The molecule has 0 radical (unpaired) electrons. The van der Waals surface area contributed by atoms with Crippen LogP contribution in [0.2, 0.25) is 0 Å². The van der Waals surface area contributed by atoms with E-state index in [-0.39, 0.29) is 11.3 Å². The van der Waals surface area contributed by atoms with E-state index in [1.807, 2.05) is 0 Å². The summed E-state index contributed by atoms with van der Waals surface area (Å²) in [6.45, 7) is -0.530. The van der Waals surface area contributed by atoms with Crippen LogP contribution in [0.15, 0.2) is 18.2 Å². The van der Waals surface area contributed by atoms with Crippen molar-refractivity contribution in [2.75, 3.05) is 18.5 Å². The lowest BCUT2D eigenvalue weighted by Gasteiger charge is -2.19. The molecule has 0 aliphatic carbocycles. The third-order valence-electron chi connectivity index (χ3n) is 1.93. The Bertz CT molecular complexity index is 385. The van der Waals surface area contributed by atoms with Crippen LogP contribution >= 0.6 is 0 Å². The molecule has 0 heterocycles. The highest BCUT2D eigenvalue weighted by atomic mass is 19.3. The van der Waals surface area contributed by atoms with E-state index in [1.54, 1.807) is 6.07 Å². The van der Waals surface area contributed by atoms with E-state index in [1.165, 1.54) is 19.2 Å². The van der Waals surface area contributed by atoms with Crippen molar-refractivity contribution in [1.82, 2.24) is 0 Å². The number of halogens is 3. The maximum Gasteiger partial charge on any atom is 0.255 e. The summed E-state index contributed by atoms with van der Waals surface area (Å²) in [7, 11) is 1.39. The molecule has 15 heavy (non-hydrogen) atoms. The van der Waals surface area contributed by atoms with Crippen molar-refractivity contribution >= 4 is 5.69 Å². The molecule has 0 saturated carbocycles. The van der Waals surface area contributed by atoms with Gasteiger partial charge in [-0.05, 0) is 12.1 Å². The number of nitriles is 1. The van der Waals surface area contributed by atoms with E-state index < -0.39 is 18.8 Å². The molecule has 0 atom stereocenters. The van der Waals surface area contributed by atoms with Crippen LogP contribution in [0.4, 0.5) is 18.9 Å². The van der Waals surface area contributed by atoms with E-state index in [0.717, 1.165) is 11.0 Å². The molecular formula is C10H9F3N2. The summed E-state index contributed by atoms with van der Waals surface area (Å²) >= 11 is 0. The van der Waals surface area contributed by atoms with E-state index >= 15 is 0 Å². The molecule has 0 N–H and O–H groups in total. The molecule has 0 saturated heterocycles. The van der Waals surface area contributed by atoms with Crippen LogP contribution in [-0.2, 0) is 0 Å². The monoisotopic (exact) mass is 214 g/mol. The van der Waals surface area contributed by atoms with Crippen LogP contribution in [0.5, 0.6) is 0 Å². The zero-order valence-corrected chi connectivity index (χ0v) is 8.04. The number of anilines is 1. The Labute approximate surface area is 85.5 Å². The first-order chi connectivity index (χ1) is 7.06. The summed E-state index contributed by atoms with van der Waals surface area (Å²) in [5.74, 6) is -0.698. The second-order valence-corrected chi connectivity index (χ2v) is 3.02. The number of benzene rings is 1. The molecule has 1 aromatic carbocycles. The van der Waals surface area contributed by atoms with Gasteiger partial charge in [-0.25, -0.2) is 13.2 Å². The summed E-state index contributed by atoms with van der Waals surface area (Å²) < 4.78 is 37.3. The van der Waals surface area contributed by atoms with Gasteiger partial charge in [0.15, 0.2) is 0 Å². The second-order valence-electron chi connectivity index (χ2n) is 3.02. The first kappa shape index (κ1) is 11.4. The van der Waals surface area contributed by atoms with Crippen LogP contribution in [-0.4, -0.2) is 20.0 Å². The summed E-state index contributed by atoms with van der Waals surface area (Å²) in [6, 6.07) is 5.60. The fourth-order valence-corrected chi connectivity index (χ4v) is 1.25. The third-order valence-corrected chi connectivity index (χ3v) is 1.93. The Hall–Kier alpha value is -1.70. The van der Waals surface area contributed by atoms with Crippen molar-refractivity contribution in [3.05, 3.63) is 29.6 Å². The predicted molar refractivity (Wildman–Crippen MR) is 50.4 cm³/mol. The Balaban J connectivity index is 3.04. The second kappa shape index (κ2) is 4.69. The van der Waals surface area contributed by atoms with Crippen LogP contribution in [0.25, 0.3) is 0 Å². The largest absolute Gasteiger partial charge is 0.368 e. The van der Waals surface area contributed by atoms with Gasteiger partial charge in [-0.1, -0.05) is 6.07 Å². The van der Waals surface area contributed by atoms with Crippen LogP contribution in [0.3, 0.4) is 0 Å². The highest BCUT2D eigenvalue weighted by Gasteiger charge is 2.14. The normalized spacial score (nSPS) is 10.1. The van der Waals surface area contributed by atoms with Crippen LogP contribution in [0, 0.1) is 17.1 Å². The standard InChI is InChI=1S/C10H9F3N2/c1-15(6-10(12)13)9-4-2-3-8(11)7(9)5-14/h2-4,10H,6H2,1H3. The van der Waals surface area contributed by atoms with Gasteiger partial charge < -0.3 is 4.90 Å². The van der Waals surface area contributed by atoms with Crippen LogP contribution < -0.4 is 4.90 Å². The number of hydrogen-bond acceptors (Lipinski definition) is 2. The van der Waals surface area contributed by atoms with E-state index in [9.17, 15) is 13.2 Å². The molecule has 80 valence electrons. The number of alkyl halides is 2.